The standard InChI is InChI=1S/C13H18N2O2/c14-12(10-5-2-1-3-6-10)13(17)15-8-4-7-11(15)9-16/h1-3,5-6,11-12,16H,4,7-9,14H2/t11-,12?/m1/s1. The van der Waals surface area contributed by atoms with E-state index in [-0.39, 0.29) is 18.6 Å². The molecule has 1 heterocycles. The first-order valence-electron chi connectivity index (χ1n) is 5.96. The molecule has 92 valence electrons. The minimum Gasteiger partial charge on any atom is -0.394 e. The maximum Gasteiger partial charge on any atom is 0.244 e. The normalized spacial score (nSPS) is 21.5. The van der Waals surface area contributed by atoms with Gasteiger partial charge < -0.3 is 15.7 Å². The third-order valence-electron chi connectivity index (χ3n) is 3.30. The van der Waals surface area contributed by atoms with Gasteiger partial charge in [-0.25, -0.2) is 0 Å². The van der Waals surface area contributed by atoms with Crippen LogP contribution in [-0.2, 0) is 4.79 Å². The van der Waals surface area contributed by atoms with Gasteiger partial charge in [-0.1, -0.05) is 30.3 Å². The van der Waals surface area contributed by atoms with Gasteiger partial charge in [0.2, 0.25) is 5.91 Å². The molecule has 1 saturated heterocycles. The molecule has 0 spiro atoms. The summed E-state index contributed by atoms with van der Waals surface area (Å²) in [5, 5.41) is 9.20. The third-order valence-corrected chi connectivity index (χ3v) is 3.30. The maximum absolute atomic E-state index is 12.2. The molecule has 1 aliphatic heterocycles. The van der Waals surface area contributed by atoms with Gasteiger partial charge in [-0.15, -0.1) is 0 Å². The van der Waals surface area contributed by atoms with Gasteiger partial charge in [0.25, 0.3) is 0 Å². The predicted molar refractivity (Wildman–Crippen MR) is 65.2 cm³/mol. The summed E-state index contributed by atoms with van der Waals surface area (Å²) < 4.78 is 0. The number of carbonyl (C=O) groups is 1. The van der Waals surface area contributed by atoms with E-state index in [2.05, 4.69) is 0 Å². The van der Waals surface area contributed by atoms with Crippen molar-refractivity contribution in [2.75, 3.05) is 13.2 Å². The molecule has 17 heavy (non-hydrogen) atoms. The highest BCUT2D eigenvalue weighted by Crippen LogP contribution is 2.21. The van der Waals surface area contributed by atoms with E-state index in [0.29, 0.717) is 6.54 Å². The number of nitrogens with zero attached hydrogens (tertiary/aromatic N) is 1. The first kappa shape index (κ1) is 12.1. The van der Waals surface area contributed by atoms with E-state index < -0.39 is 6.04 Å². The molecule has 0 saturated carbocycles. The highest BCUT2D eigenvalue weighted by Gasteiger charge is 2.31. The van der Waals surface area contributed by atoms with Crippen LogP contribution in [0.3, 0.4) is 0 Å². The number of carbonyl (C=O) groups excluding carboxylic acids is 1. The highest BCUT2D eigenvalue weighted by molar-refractivity contribution is 5.83. The minimum absolute atomic E-state index is 0.0211. The average Bonchev–Trinajstić information content (AvgIpc) is 2.86. The van der Waals surface area contributed by atoms with Gasteiger partial charge >= 0.3 is 0 Å². The second kappa shape index (κ2) is 5.29. The molecule has 2 atom stereocenters. The van der Waals surface area contributed by atoms with E-state index in [1.807, 2.05) is 30.3 Å². The lowest BCUT2D eigenvalue weighted by Gasteiger charge is -2.26. The van der Waals surface area contributed by atoms with Crippen LogP contribution in [0.15, 0.2) is 30.3 Å². The molecule has 0 radical (unpaired) electrons. The van der Waals surface area contributed by atoms with E-state index in [1.54, 1.807) is 4.90 Å². The molecule has 2 rings (SSSR count). The molecule has 1 aliphatic rings. The van der Waals surface area contributed by atoms with E-state index in [0.717, 1.165) is 18.4 Å². The molecule has 4 nitrogen and oxygen atoms in total. The topological polar surface area (TPSA) is 66.6 Å². The van der Waals surface area contributed by atoms with Gasteiger partial charge in [0, 0.05) is 6.54 Å². The average molecular weight is 234 g/mol. The molecule has 3 N–H and O–H groups in total. The van der Waals surface area contributed by atoms with Gasteiger partial charge in [0.1, 0.15) is 6.04 Å². The molecule has 0 aliphatic carbocycles. The van der Waals surface area contributed by atoms with Crippen molar-refractivity contribution in [1.82, 2.24) is 4.90 Å². The number of hydrogen-bond acceptors (Lipinski definition) is 3. The largest absolute Gasteiger partial charge is 0.394 e. The lowest BCUT2D eigenvalue weighted by molar-refractivity contribution is -0.134. The summed E-state index contributed by atoms with van der Waals surface area (Å²) in [7, 11) is 0. The first-order chi connectivity index (χ1) is 8.24. The van der Waals surface area contributed by atoms with Crippen LogP contribution in [-0.4, -0.2) is 35.1 Å². The summed E-state index contributed by atoms with van der Waals surface area (Å²) in [6.45, 7) is 0.720. The smallest absolute Gasteiger partial charge is 0.244 e. The Morgan fingerprint density at radius 3 is 2.82 bits per heavy atom. The van der Waals surface area contributed by atoms with E-state index in [4.69, 9.17) is 5.73 Å². The van der Waals surface area contributed by atoms with Crippen LogP contribution in [0, 0.1) is 0 Å². The van der Waals surface area contributed by atoms with Crippen LogP contribution in [0.2, 0.25) is 0 Å². The van der Waals surface area contributed by atoms with E-state index in [1.165, 1.54) is 0 Å². The quantitative estimate of drug-likeness (QED) is 0.807. The summed E-state index contributed by atoms with van der Waals surface area (Å²) in [5.74, 6) is -0.0900. The minimum atomic E-state index is -0.622. The Bertz CT molecular complexity index is 380. The van der Waals surface area contributed by atoms with Gasteiger partial charge in [-0.05, 0) is 18.4 Å². The molecular formula is C13H18N2O2. The second-order valence-corrected chi connectivity index (χ2v) is 4.40. The fourth-order valence-corrected chi connectivity index (χ4v) is 2.30. The van der Waals surface area contributed by atoms with Gasteiger partial charge in [-0.3, -0.25) is 4.79 Å². The van der Waals surface area contributed by atoms with Crippen molar-refractivity contribution in [2.45, 2.75) is 24.9 Å². The van der Waals surface area contributed by atoms with Crippen molar-refractivity contribution in [3.63, 3.8) is 0 Å². The lowest BCUT2D eigenvalue weighted by Crippen LogP contribution is -2.42. The summed E-state index contributed by atoms with van der Waals surface area (Å²) in [5.41, 5.74) is 6.78. The summed E-state index contributed by atoms with van der Waals surface area (Å²) in [4.78, 5) is 13.9. The van der Waals surface area contributed by atoms with E-state index in [9.17, 15) is 9.90 Å². The summed E-state index contributed by atoms with van der Waals surface area (Å²) >= 11 is 0. The third kappa shape index (κ3) is 2.48. The zero-order chi connectivity index (χ0) is 12.3. The van der Waals surface area contributed by atoms with Gasteiger partial charge in [0.05, 0.1) is 12.6 Å². The Kier molecular flexibility index (Phi) is 3.76. The van der Waals surface area contributed by atoms with Crippen molar-refractivity contribution in [3.05, 3.63) is 35.9 Å². The Morgan fingerprint density at radius 2 is 2.18 bits per heavy atom. The monoisotopic (exact) mass is 234 g/mol. The van der Waals surface area contributed by atoms with Crippen molar-refractivity contribution >= 4 is 5.91 Å². The molecule has 1 aromatic rings. The first-order valence-corrected chi connectivity index (χ1v) is 5.96. The SMILES string of the molecule is NC(C(=O)N1CCC[C@@H]1CO)c1ccccc1. The number of hydrogen-bond donors (Lipinski definition) is 2. The summed E-state index contributed by atoms with van der Waals surface area (Å²) in [6.07, 6.45) is 1.81. The Balaban J connectivity index is 2.10. The fraction of sp³-hybridized carbons (Fsp3) is 0.462. The molecule has 0 bridgehead atoms. The molecule has 1 amide bonds. The van der Waals surface area contributed by atoms with Crippen LogP contribution in [0.4, 0.5) is 0 Å². The van der Waals surface area contributed by atoms with Gasteiger partial charge in [0.15, 0.2) is 0 Å². The van der Waals surface area contributed by atoms with Crippen molar-refractivity contribution in [2.24, 2.45) is 5.73 Å². The van der Waals surface area contributed by atoms with Crippen LogP contribution < -0.4 is 5.73 Å². The fourth-order valence-electron chi connectivity index (χ4n) is 2.30. The van der Waals surface area contributed by atoms with Gasteiger partial charge in [-0.2, -0.15) is 0 Å². The highest BCUT2D eigenvalue weighted by atomic mass is 16.3. The van der Waals surface area contributed by atoms with Crippen LogP contribution >= 0.6 is 0 Å². The molecule has 0 aromatic heterocycles. The number of rotatable bonds is 3. The van der Waals surface area contributed by atoms with Crippen LogP contribution in [0.25, 0.3) is 0 Å². The second-order valence-electron chi connectivity index (χ2n) is 4.40. The van der Waals surface area contributed by atoms with Crippen LogP contribution in [0.5, 0.6) is 0 Å². The Morgan fingerprint density at radius 1 is 1.47 bits per heavy atom. The molecule has 1 unspecified atom stereocenters. The number of amides is 1. The molecule has 1 fully saturated rings. The predicted octanol–water partition coefficient (Wildman–Crippen LogP) is 0.670. The Labute approximate surface area is 101 Å². The van der Waals surface area contributed by atoms with E-state index >= 15 is 0 Å². The zero-order valence-electron chi connectivity index (χ0n) is 9.75. The number of nitrogens with two attached hydrogens (primary N) is 1. The van der Waals surface area contributed by atoms with Crippen molar-refractivity contribution < 1.29 is 9.90 Å². The molecule has 1 aromatic carbocycles. The molecular weight excluding hydrogens is 216 g/mol. The number of aliphatic hydroxyl groups excluding tert-OH is 1. The number of likely N-dealkylation sites (tertiary alicyclic amines) is 1. The zero-order valence-corrected chi connectivity index (χ0v) is 9.75. The van der Waals surface area contributed by atoms with Crippen LogP contribution in [0.1, 0.15) is 24.4 Å². The van der Waals surface area contributed by atoms with Crippen molar-refractivity contribution in [3.8, 4) is 0 Å². The Hall–Kier alpha value is -1.39. The number of benzene rings is 1. The molecule has 4 heteroatoms. The van der Waals surface area contributed by atoms with Crippen molar-refractivity contribution in [1.29, 1.82) is 0 Å². The summed E-state index contributed by atoms with van der Waals surface area (Å²) in [6, 6.07) is 8.67. The lowest BCUT2D eigenvalue weighted by atomic mass is 10.1. The number of aliphatic hydroxyl groups is 1. The maximum atomic E-state index is 12.2.